The van der Waals surface area contributed by atoms with Crippen molar-refractivity contribution in [3.8, 4) is 0 Å². The smallest absolute Gasteiger partial charge is 0.256 e. The van der Waals surface area contributed by atoms with Crippen LogP contribution in [0.2, 0.25) is 0 Å². The number of anilines is 1. The lowest BCUT2D eigenvalue weighted by Crippen LogP contribution is -2.41. The lowest BCUT2D eigenvalue weighted by atomic mass is 10.2. The Morgan fingerprint density at radius 1 is 1.41 bits per heavy atom. The maximum absolute atomic E-state index is 13.6. The monoisotopic (exact) mass is 416 g/mol. The number of carbonyl (C=O) groups is 1. The molecule has 1 unspecified atom stereocenters. The summed E-state index contributed by atoms with van der Waals surface area (Å²) in [5.74, 6) is -0.635. The van der Waals surface area contributed by atoms with Crippen molar-refractivity contribution < 1.29 is 13.9 Å². The minimum Gasteiger partial charge on any atom is -0.376 e. The van der Waals surface area contributed by atoms with Crippen molar-refractivity contribution in [3.05, 3.63) is 52.0 Å². The molecule has 1 aromatic carbocycles. The number of hydrogen-bond donors (Lipinski definition) is 0. The Morgan fingerprint density at radius 2 is 2.24 bits per heavy atom. The predicted molar refractivity (Wildman–Crippen MR) is 109 cm³/mol. The second kappa shape index (κ2) is 8.00. The molecule has 152 valence electrons. The summed E-state index contributed by atoms with van der Waals surface area (Å²) in [6.45, 7) is 4.31. The number of benzene rings is 1. The van der Waals surface area contributed by atoms with E-state index < -0.39 is 0 Å². The number of halogens is 1. The summed E-state index contributed by atoms with van der Waals surface area (Å²) >= 11 is 1.25. The quantitative estimate of drug-likeness (QED) is 0.639. The zero-order chi connectivity index (χ0) is 20.5. The number of nitrogens with zero attached hydrogens (tertiary/aromatic N) is 4. The molecule has 0 saturated carbocycles. The molecule has 3 aromatic rings. The van der Waals surface area contributed by atoms with E-state index in [9.17, 15) is 14.0 Å². The van der Waals surface area contributed by atoms with Gasteiger partial charge in [-0.25, -0.2) is 14.4 Å². The molecule has 2 aromatic heterocycles. The summed E-state index contributed by atoms with van der Waals surface area (Å²) in [6, 6.07) is 4.35. The summed E-state index contributed by atoms with van der Waals surface area (Å²) in [7, 11) is 0. The molecule has 4 rings (SSSR count). The molecule has 0 N–H and O–H groups in total. The van der Waals surface area contributed by atoms with Crippen LogP contribution < -0.4 is 10.5 Å². The maximum Gasteiger partial charge on any atom is 0.256 e. The minimum atomic E-state index is -0.350. The Bertz CT molecular complexity index is 1120. The van der Waals surface area contributed by atoms with Crippen LogP contribution in [0.25, 0.3) is 10.2 Å². The number of aromatic nitrogens is 3. The topological polar surface area (TPSA) is 77.3 Å². The van der Waals surface area contributed by atoms with Crippen LogP contribution in [0.1, 0.15) is 24.1 Å². The third-order valence-electron chi connectivity index (χ3n) is 5.10. The first kappa shape index (κ1) is 19.7. The Labute approximate surface area is 170 Å². The Morgan fingerprint density at radius 3 is 3.00 bits per heavy atom. The van der Waals surface area contributed by atoms with Crippen molar-refractivity contribution in [2.45, 2.75) is 39.3 Å². The number of aryl methyl sites for hydroxylation is 1. The summed E-state index contributed by atoms with van der Waals surface area (Å²) in [4.78, 5) is 35.9. The van der Waals surface area contributed by atoms with E-state index in [1.807, 2.05) is 0 Å². The van der Waals surface area contributed by atoms with E-state index in [0.29, 0.717) is 39.8 Å². The van der Waals surface area contributed by atoms with Crippen molar-refractivity contribution >= 4 is 32.6 Å². The van der Waals surface area contributed by atoms with E-state index in [1.54, 1.807) is 24.8 Å². The van der Waals surface area contributed by atoms with Crippen molar-refractivity contribution in [2.24, 2.45) is 0 Å². The van der Waals surface area contributed by atoms with Crippen molar-refractivity contribution in [1.82, 2.24) is 14.5 Å². The Kier molecular flexibility index (Phi) is 5.42. The highest BCUT2D eigenvalue weighted by atomic mass is 32.1. The zero-order valence-corrected chi connectivity index (χ0v) is 17.0. The highest BCUT2D eigenvalue weighted by Crippen LogP contribution is 2.30. The molecule has 0 spiro atoms. The number of carbonyl (C=O) groups excluding carboxylic acids is 1. The third-order valence-corrected chi connectivity index (χ3v) is 6.14. The molecule has 7 nitrogen and oxygen atoms in total. The van der Waals surface area contributed by atoms with Crippen molar-refractivity contribution in [3.63, 3.8) is 0 Å². The Balaban J connectivity index is 1.66. The molecule has 1 aliphatic rings. The van der Waals surface area contributed by atoms with Crippen LogP contribution in [0.15, 0.2) is 29.3 Å². The van der Waals surface area contributed by atoms with Gasteiger partial charge in [0, 0.05) is 17.9 Å². The fourth-order valence-corrected chi connectivity index (χ4v) is 4.32. The standard InChI is InChI=1S/C20H21FN4O3S/c1-12-13(2)22-11-24(19(12)27)10-18(26)25(9-15-4-3-7-28-15)20-23-16-6-5-14(21)8-17(16)29-20/h5-6,8,11,15H,3-4,7,9-10H2,1-2H3. The van der Waals surface area contributed by atoms with Crippen molar-refractivity contribution in [2.75, 3.05) is 18.1 Å². The van der Waals surface area contributed by atoms with Gasteiger partial charge in [-0.3, -0.25) is 19.1 Å². The largest absolute Gasteiger partial charge is 0.376 e. The fraction of sp³-hybridized carbons (Fsp3) is 0.400. The van der Waals surface area contributed by atoms with E-state index in [0.717, 1.165) is 12.8 Å². The molecular formula is C20H21FN4O3S. The molecule has 1 aliphatic heterocycles. The van der Waals surface area contributed by atoms with Gasteiger partial charge in [0.1, 0.15) is 12.4 Å². The SMILES string of the molecule is Cc1ncn(CC(=O)N(CC2CCCO2)c2nc3ccc(F)cc3s2)c(=O)c1C. The van der Waals surface area contributed by atoms with Crippen LogP contribution in [0, 0.1) is 19.7 Å². The Hall–Kier alpha value is -2.65. The lowest BCUT2D eigenvalue weighted by Gasteiger charge is -2.23. The van der Waals surface area contributed by atoms with E-state index >= 15 is 0 Å². The summed E-state index contributed by atoms with van der Waals surface area (Å²) in [5.41, 5.74) is 1.54. The van der Waals surface area contributed by atoms with Gasteiger partial charge >= 0.3 is 0 Å². The molecule has 3 heterocycles. The fourth-order valence-electron chi connectivity index (χ4n) is 3.30. The second-order valence-corrected chi connectivity index (χ2v) is 8.14. The second-order valence-electron chi connectivity index (χ2n) is 7.14. The number of rotatable bonds is 5. The molecule has 1 atom stereocenters. The molecule has 0 radical (unpaired) electrons. The van der Waals surface area contributed by atoms with Gasteiger partial charge < -0.3 is 4.74 Å². The molecule has 1 saturated heterocycles. The molecular weight excluding hydrogens is 395 g/mol. The van der Waals surface area contributed by atoms with Gasteiger partial charge in [0.05, 0.1) is 29.2 Å². The number of ether oxygens (including phenoxy) is 1. The van der Waals surface area contributed by atoms with Crippen LogP contribution in [-0.4, -0.2) is 39.7 Å². The first-order valence-electron chi connectivity index (χ1n) is 9.43. The average Bonchev–Trinajstić information content (AvgIpc) is 3.35. The van der Waals surface area contributed by atoms with E-state index in [2.05, 4.69) is 9.97 Å². The van der Waals surface area contributed by atoms with E-state index in [4.69, 9.17) is 4.74 Å². The number of hydrogen-bond acceptors (Lipinski definition) is 6. The summed E-state index contributed by atoms with van der Waals surface area (Å²) < 4.78 is 21.2. The highest BCUT2D eigenvalue weighted by molar-refractivity contribution is 7.22. The van der Waals surface area contributed by atoms with Gasteiger partial charge in [-0.1, -0.05) is 11.3 Å². The van der Waals surface area contributed by atoms with E-state index in [1.165, 1.54) is 34.4 Å². The van der Waals surface area contributed by atoms with Crippen molar-refractivity contribution in [1.29, 1.82) is 0 Å². The predicted octanol–water partition coefficient (Wildman–Crippen LogP) is 2.82. The van der Waals surface area contributed by atoms with Crippen LogP contribution in [-0.2, 0) is 16.1 Å². The molecule has 9 heteroatoms. The number of amides is 1. The summed E-state index contributed by atoms with van der Waals surface area (Å²) in [6.07, 6.45) is 3.10. The number of fused-ring (bicyclic) bond motifs is 1. The zero-order valence-electron chi connectivity index (χ0n) is 16.2. The average molecular weight is 416 g/mol. The van der Waals surface area contributed by atoms with Gasteiger partial charge in [-0.15, -0.1) is 0 Å². The number of thiazole rings is 1. The normalized spacial score (nSPS) is 16.4. The first-order valence-corrected chi connectivity index (χ1v) is 10.2. The van der Waals surface area contributed by atoms with E-state index in [-0.39, 0.29) is 29.9 Å². The van der Waals surface area contributed by atoms with Gasteiger partial charge in [0.15, 0.2) is 5.13 Å². The maximum atomic E-state index is 13.6. The van der Waals surface area contributed by atoms with Crippen LogP contribution in [0.3, 0.4) is 0 Å². The van der Waals surface area contributed by atoms with Crippen LogP contribution in [0.5, 0.6) is 0 Å². The van der Waals surface area contributed by atoms with Crippen LogP contribution in [0.4, 0.5) is 9.52 Å². The minimum absolute atomic E-state index is 0.0858. The lowest BCUT2D eigenvalue weighted by molar-refractivity contribution is -0.119. The molecule has 1 fully saturated rings. The highest BCUT2D eigenvalue weighted by Gasteiger charge is 2.26. The van der Waals surface area contributed by atoms with Gasteiger partial charge in [-0.05, 0) is 44.9 Å². The third kappa shape index (κ3) is 4.06. The molecule has 0 bridgehead atoms. The molecule has 0 aliphatic carbocycles. The molecule has 1 amide bonds. The first-order chi connectivity index (χ1) is 13.9. The van der Waals surface area contributed by atoms with Gasteiger partial charge in [-0.2, -0.15) is 0 Å². The van der Waals surface area contributed by atoms with Crippen LogP contribution >= 0.6 is 11.3 Å². The summed E-state index contributed by atoms with van der Waals surface area (Å²) in [5, 5.41) is 0.468. The van der Waals surface area contributed by atoms with Gasteiger partial charge in [0.25, 0.3) is 5.56 Å². The molecule has 29 heavy (non-hydrogen) atoms. The van der Waals surface area contributed by atoms with Gasteiger partial charge in [0.2, 0.25) is 5.91 Å².